The monoisotopic (exact) mass is 368 g/mol. The van der Waals surface area contributed by atoms with E-state index in [-0.39, 0.29) is 12.3 Å². The first-order chi connectivity index (χ1) is 13.8. The third-order valence-corrected chi connectivity index (χ3v) is 4.63. The first-order valence-electron chi connectivity index (χ1n) is 8.98. The molecule has 5 nitrogen and oxygen atoms in total. The van der Waals surface area contributed by atoms with Gasteiger partial charge in [-0.2, -0.15) is 0 Å². The van der Waals surface area contributed by atoms with E-state index < -0.39 is 0 Å². The minimum Gasteiger partial charge on any atom is -0.453 e. The SMILES string of the molecule is O=C(Cc1cc(-c2cc3ccccc3o2)on1)Nc1cccc2ccccc12. The summed E-state index contributed by atoms with van der Waals surface area (Å²) >= 11 is 0. The normalized spacial score (nSPS) is 11.1. The van der Waals surface area contributed by atoms with Gasteiger partial charge >= 0.3 is 0 Å². The molecule has 1 N–H and O–H groups in total. The fourth-order valence-electron chi connectivity index (χ4n) is 3.31. The molecule has 0 aliphatic heterocycles. The van der Waals surface area contributed by atoms with E-state index in [0.29, 0.717) is 17.2 Å². The summed E-state index contributed by atoms with van der Waals surface area (Å²) in [6.45, 7) is 0. The topological polar surface area (TPSA) is 68.3 Å². The lowest BCUT2D eigenvalue weighted by Gasteiger charge is -2.07. The molecule has 0 atom stereocenters. The lowest BCUT2D eigenvalue weighted by molar-refractivity contribution is -0.115. The Morgan fingerprint density at radius 2 is 1.64 bits per heavy atom. The summed E-state index contributed by atoms with van der Waals surface area (Å²) in [6, 6.07) is 25.1. The van der Waals surface area contributed by atoms with Gasteiger partial charge in [0.1, 0.15) is 5.58 Å². The number of hydrogen-bond acceptors (Lipinski definition) is 4. The van der Waals surface area contributed by atoms with E-state index in [4.69, 9.17) is 8.94 Å². The standard InChI is InChI=1S/C23H16N2O3/c26-23(24-19-10-5-8-15-6-1-3-9-18(15)19)14-17-13-22(28-25-17)21-12-16-7-2-4-11-20(16)27-21/h1-13H,14H2,(H,24,26). The van der Waals surface area contributed by atoms with Crippen LogP contribution in [0, 0.1) is 0 Å². The Balaban J connectivity index is 1.34. The first-order valence-corrected chi connectivity index (χ1v) is 8.98. The zero-order valence-corrected chi connectivity index (χ0v) is 14.9. The number of para-hydroxylation sites is 1. The number of rotatable bonds is 4. The number of carbonyl (C=O) groups is 1. The predicted octanol–water partition coefficient (Wildman–Crippen LogP) is 5.42. The van der Waals surface area contributed by atoms with E-state index in [2.05, 4.69) is 10.5 Å². The maximum Gasteiger partial charge on any atom is 0.230 e. The van der Waals surface area contributed by atoms with Crippen LogP contribution in [0.1, 0.15) is 5.69 Å². The van der Waals surface area contributed by atoms with Gasteiger partial charge in [0, 0.05) is 22.5 Å². The van der Waals surface area contributed by atoms with Crippen LogP contribution in [0.2, 0.25) is 0 Å². The Hall–Kier alpha value is -3.86. The number of benzene rings is 3. The largest absolute Gasteiger partial charge is 0.453 e. The minimum absolute atomic E-state index is 0.118. The number of anilines is 1. The van der Waals surface area contributed by atoms with Gasteiger partial charge in [0.05, 0.1) is 12.1 Å². The van der Waals surface area contributed by atoms with Crippen molar-refractivity contribution in [1.29, 1.82) is 0 Å². The molecule has 5 aromatic rings. The summed E-state index contributed by atoms with van der Waals surface area (Å²) in [5.41, 5.74) is 2.11. The molecule has 0 aliphatic carbocycles. The predicted molar refractivity (Wildman–Crippen MR) is 108 cm³/mol. The number of amides is 1. The molecule has 0 saturated heterocycles. The van der Waals surface area contributed by atoms with Gasteiger partial charge in [0.15, 0.2) is 5.76 Å². The van der Waals surface area contributed by atoms with Crippen molar-refractivity contribution in [3.05, 3.63) is 84.6 Å². The van der Waals surface area contributed by atoms with Crippen LogP contribution in [0.3, 0.4) is 0 Å². The van der Waals surface area contributed by atoms with Crippen molar-refractivity contribution in [2.45, 2.75) is 6.42 Å². The molecular weight excluding hydrogens is 352 g/mol. The highest BCUT2D eigenvalue weighted by molar-refractivity contribution is 6.02. The number of hydrogen-bond donors (Lipinski definition) is 1. The van der Waals surface area contributed by atoms with Crippen molar-refractivity contribution >= 4 is 33.3 Å². The first kappa shape index (κ1) is 16.3. The highest BCUT2D eigenvalue weighted by Gasteiger charge is 2.14. The van der Waals surface area contributed by atoms with E-state index >= 15 is 0 Å². The third-order valence-electron chi connectivity index (χ3n) is 4.63. The Kier molecular flexibility index (Phi) is 3.91. The van der Waals surface area contributed by atoms with Gasteiger partial charge in [-0.25, -0.2) is 0 Å². The van der Waals surface area contributed by atoms with E-state index in [1.807, 2.05) is 72.8 Å². The fraction of sp³-hybridized carbons (Fsp3) is 0.0435. The average Bonchev–Trinajstić information content (AvgIpc) is 3.35. The summed E-state index contributed by atoms with van der Waals surface area (Å²) in [5.74, 6) is 0.944. The van der Waals surface area contributed by atoms with Gasteiger partial charge in [0.2, 0.25) is 11.7 Å². The maximum absolute atomic E-state index is 12.5. The quantitative estimate of drug-likeness (QED) is 0.460. The summed E-state index contributed by atoms with van der Waals surface area (Å²) in [7, 11) is 0. The average molecular weight is 368 g/mol. The van der Waals surface area contributed by atoms with E-state index in [1.54, 1.807) is 6.07 Å². The third kappa shape index (κ3) is 3.03. The van der Waals surface area contributed by atoms with Crippen molar-refractivity contribution in [3.8, 4) is 11.5 Å². The molecule has 0 radical (unpaired) electrons. The number of fused-ring (bicyclic) bond motifs is 2. The fourth-order valence-corrected chi connectivity index (χ4v) is 3.31. The Morgan fingerprint density at radius 3 is 2.54 bits per heavy atom. The van der Waals surface area contributed by atoms with Crippen molar-refractivity contribution in [1.82, 2.24) is 5.16 Å². The van der Waals surface area contributed by atoms with E-state index in [0.717, 1.165) is 27.4 Å². The molecule has 2 heterocycles. The van der Waals surface area contributed by atoms with Crippen LogP contribution in [-0.4, -0.2) is 11.1 Å². The molecule has 0 unspecified atom stereocenters. The van der Waals surface area contributed by atoms with Crippen molar-refractivity contribution in [2.75, 3.05) is 5.32 Å². The zero-order valence-electron chi connectivity index (χ0n) is 14.9. The van der Waals surface area contributed by atoms with Crippen LogP contribution < -0.4 is 5.32 Å². The highest BCUT2D eigenvalue weighted by Crippen LogP contribution is 2.28. The van der Waals surface area contributed by atoms with E-state index in [1.165, 1.54) is 0 Å². The van der Waals surface area contributed by atoms with Crippen LogP contribution >= 0.6 is 0 Å². The molecule has 0 bridgehead atoms. The van der Waals surface area contributed by atoms with Gasteiger partial charge in [-0.1, -0.05) is 59.8 Å². The Bertz CT molecular complexity index is 1260. The summed E-state index contributed by atoms with van der Waals surface area (Å²) in [6.07, 6.45) is 0.118. The molecule has 5 rings (SSSR count). The number of carbonyl (C=O) groups excluding carboxylic acids is 1. The molecule has 28 heavy (non-hydrogen) atoms. The van der Waals surface area contributed by atoms with Crippen LogP contribution in [0.15, 0.2) is 87.8 Å². The minimum atomic E-state index is -0.152. The molecule has 0 spiro atoms. The van der Waals surface area contributed by atoms with Gasteiger partial charge in [0.25, 0.3) is 0 Å². The molecule has 1 amide bonds. The van der Waals surface area contributed by atoms with E-state index in [9.17, 15) is 4.79 Å². The summed E-state index contributed by atoms with van der Waals surface area (Å²) in [4.78, 5) is 12.5. The molecule has 0 aliphatic rings. The van der Waals surface area contributed by atoms with Gasteiger partial charge in [-0.15, -0.1) is 0 Å². The highest BCUT2D eigenvalue weighted by atomic mass is 16.5. The Morgan fingerprint density at radius 1 is 0.857 bits per heavy atom. The Labute approximate surface area is 160 Å². The van der Waals surface area contributed by atoms with Crippen molar-refractivity contribution < 1.29 is 13.7 Å². The molecule has 5 heteroatoms. The number of furan rings is 1. The van der Waals surface area contributed by atoms with Gasteiger partial charge < -0.3 is 14.3 Å². The molecular formula is C23H16N2O3. The number of nitrogens with one attached hydrogen (secondary N) is 1. The number of nitrogens with zero attached hydrogens (tertiary/aromatic N) is 1. The molecule has 0 fully saturated rings. The van der Waals surface area contributed by atoms with Crippen molar-refractivity contribution in [2.24, 2.45) is 0 Å². The lowest BCUT2D eigenvalue weighted by Crippen LogP contribution is -2.14. The summed E-state index contributed by atoms with van der Waals surface area (Å²) < 4.78 is 11.2. The second kappa shape index (κ2) is 6.70. The second-order valence-electron chi connectivity index (χ2n) is 6.58. The number of aromatic nitrogens is 1. The smallest absolute Gasteiger partial charge is 0.230 e. The van der Waals surface area contributed by atoms with Crippen LogP contribution in [0.25, 0.3) is 33.3 Å². The molecule has 136 valence electrons. The van der Waals surface area contributed by atoms with Gasteiger partial charge in [-0.3, -0.25) is 4.79 Å². The van der Waals surface area contributed by atoms with Crippen LogP contribution in [-0.2, 0) is 11.2 Å². The summed E-state index contributed by atoms with van der Waals surface area (Å²) in [5, 5.41) is 10.0. The van der Waals surface area contributed by atoms with Crippen LogP contribution in [0.5, 0.6) is 0 Å². The molecule has 2 aromatic heterocycles. The maximum atomic E-state index is 12.5. The van der Waals surface area contributed by atoms with Crippen LogP contribution in [0.4, 0.5) is 5.69 Å². The zero-order chi connectivity index (χ0) is 18.9. The van der Waals surface area contributed by atoms with Crippen molar-refractivity contribution in [3.63, 3.8) is 0 Å². The van der Waals surface area contributed by atoms with Gasteiger partial charge in [-0.05, 0) is 23.6 Å². The lowest BCUT2D eigenvalue weighted by atomic mass is 10.1. The molecule has 0 saturated carbocycles. The molecule has 3 aromatic carbocycles. The second-order valence-corrected chi connectivity index (χ2v) is 6.58.